The molecule has 1 aliphatic carbocycles. The van der Waals surface area contributed by atoms with Crippen LogP contribution in [0.3, 0.4) is 0 Å². The van der Waals surface area contributed by atoms with Crippen LogP contribution in [0, 0.1) is 6.92 Å². The van der Waals surface area contributed by atoms with E-state index in [0.717, 1.165) is 29.7 Å². The Hall–Kier alpha value is -3.17. The van der Waals surface area contributed by atoms with Gasteiger partial charge in [-0.3, -0.25) is 9.52 Å². The minimum atomic E-state index is -3.90. The number of benzene rings is 2. The molecule has 1 aliphatic rings. The van der Waals surface area contributed by atoms with E-state index in [4.69, 9.17) is 4.74 Å². The Balaban J connectivity index is 1.63. The van der Waals surface area contributed by atoms with Gasteiger partial charge in [-0.05, 0) is 68.5 Å². The average molecular weight is 485 g/mol. The molecule has 7 nitrogen and oxygen atoms in total. The van der Waals surface area contributed by atoms with Gasteiger partial charge in [0.15, 0.2) is 0 Å². The molecule has 0 bridgehead atoms. The molecule has 0 spiro atoms. The molecule has 3 aromatic rings. The van der Waals surface area contributed by atoms with E-state index in [-0.39, 0.29) is 17.1 Å². The van der Waals surface area contributed by atoms with Gasteiger partial charge >= 0.3 is 5.97 Å². The lowest BCUT2D eigenvalue weighted by atomic mass is 10.1. The van der Waals surface area contributed by atoms with Gasteiger partial charge in [-0.25, -0.2) is 13.2 Å². The minimum Gasteiger partial charge on any atom is -0.462 e. The highest BCUT2D eigenvalue weighted by atomic mass is 32.2. The summed E-state index contributed by atoms with van der Waals surface area (Å²) in [5.41, 5.74) is 2.47. The second kappa shape index (κ2) is 9.36. The van der Waals surface area contributed by atoms with Crippen molar-refractivity contribution in [2.24, 2.45) is 0 Å². The van der Waals surface area contributed by atoms with E-state index < -0.39 is 21.9 Å². The fourth-order valence-corrected chi connectivity index (χ4v) is 6.44. The van der Waals surface area contributed by atoms with E-state index in [1.807, 2.05) is 0 Å². The van der Waals surface area contributed by atoms with Gasteiger partial charge in [-0.2, -0.15) is 0 Å². The van der Waals surface area contributed by atoms with Crippen LogP contribution in [-0.2, 0) is 27.6 Å². The predicted octanol–water partition coefficient (Wildman–Crippen LogP) is 4.78. The molecule has 0 fully saturated rings. The van der Waals surface area contributed by atoms with Crippen molar-refractivity contribution in [1.29, 1.82) is 0 Å². The molecular formula is C24H24N2O5S2. The molecule has 1 heterocycles. The van der Waals surface area contributed by atoms with Crippen LogP contribution in [0.15, 0.2) is 53.4 Å². The van der Waals surface area contributed by atoms with Crippen LogP contribution in [0.25, 0.3) is 0 Å². The second-order valence-corrected chi connectivity index (χ2v) is 10.4. The second-order valence-electron chi connectivity index (χ2n) is 7.69. The quantitative estimate of drug-likeness (QED) is 0.470. The maximum absolute atomic E-state index is 13.1. The number of ether oxygens (including phenoxy) is 1. The first-order valence-corrected chi connectivity index (χ1v) is 12.9. The number of rotatable bonds is 7. The fraction of sp³-hybridized carbons (Fsp3) is 0.250. The van der Waals surface area contributed by atoms with Crippen molar-refractivity contribution in [3.05, 3.63) is 75.7 Å². The number of thiophene rings is 1. The number of amides is 1. The monoisotopic (exact) mass is 484 g/mol. The number of fused-ring (bicyclic) bond motifs is 1. The molecule has 2 N–H and O–H groups in total. The lowest BCUT2D eigenvalue weighted by molar-refractivity contribution is 0.0527. The largest absolute Gasteiger partial charge is 0.462 e. The molecule has 1 aromatic heterocycles. The van der Waals surface area contributed by atoms with Crippen molar-refractivity contribution in [2.45, 2.75) is 38.0 Å². The Morgan fingerprint density at radius 1 is 1.09 bits per heavy atom. The first-order valence-electron chi connectivity index (χ1n) is 10.6. The minimum absolute atomic E-state index is 0.0123. The molecule has 1 amide bonds. The summed E-state index contributed by atoms with van der Waals surface area (Å²) in [6.45, 7) is 3.65. The molecule has 0 atom stereocenters. The van der Waals surface area contributed by atoms with Crippen LogP contribution in [0.4, 0.5) is 10.7 Å². The van der Waals surface area contributed by atoms with Crippen molar-refractivity contribution < 1.29 is 22.7 Å². The van der Waals surface area contributed by atoms with Crippen LogP contribution in [-0.4, -0.2) is 26.9 Å². The Morgan fingerprint density at radius 3 is 2.58 bits per heavy atom. The highest BCUT2D eigenvalue weighted by molar-refractivity contribution is 7.92. The number of carbonyl (C=O) groups is 2. The molecule has 0 aliphatic heterocycles. The van der Waals surface area contributed by atoms with Gasteiger partial charge in [-0.15, -0.1) is 11.3 Å². The third-order valence-corrected chi connectivity index (χ3v) is 8.12. The molecule has 4 rings (SSSR count). The van der Waals surface area contributed by atoms with Crippen molar-refractivity contribution in [3.63, 3.8) is 0 Å². The Morgan fingerprint density at radius 2 is 1.85 bits per heavy atom. The van der Waals surface area contributed by atoms with Gasteiger partial charge in [0.1, 0.15) is 5.00 Å². The Kier molecular flexibility index (Phi) is 6.53. The maximum Gasteiger partial charge on any atom is 0.341 e. The summed E-state index contributed by atoms with van der Waals surface area (Å²) in [6.07, 6.45) is 2.60. The van der Waals surface area contributed by atoms with Gasteiger partial charge < -0.3 is 10.1 Å². The number of carbonyl (C=O) groups excluding carboxylic acids is 2. The zero-order valence-electron chi connectivity index (χ0n) is 18.3. The van der Waals surface area contributed by atoms with Crippen LogP contribution in [0.1, 0.15) is 50.1 Å². The summed E-state index contributed by atoms with van der Waals surface area (Å²) in [5, 5.41) is 3.25. The number of hydrogen-bond acceptors (Lipinski definition) is 6. The molecule has 2 aromatic carbocycles. The normalized spacial score (nSPS) is 12.8. The van der Waals surface area contributed by atoms with E-state index in [1.54, 1.807) is 56.3 Å². The van der Waals surface area contributed by atoms with Crippen molar-refractivity contribution in [2.75, 3.05) is 16.6 Å². The summed E-state index contributed by atoms with van der Waals surface area (Å²) in [6, 6.07) is 13.1. The molecule has 0 radical (unpaired) electrons. The number of esters is 1. The number of hydrogen-bond donors (Lipinski definition) is 2. The number of para-hydroxylation sites is 1. The molecule has 0 saturated heterocycles. The lowest BCUT2D eigenvalue weighted by Gasteiger charge is -2.12. The number of aryl methyl sites for hydroxylation is 2. The highest BCUT2D eigenvalue weighted by Gasteiger charge is 2.29. The topological polar surface area (TPSA) is 102 Å². The summed E-state index contributed by atoms with van der Waals surface area (Å²) < 4.78 is 33.7. The molecule has 9 heteroatoms. The summed E-state index contributed by atoms with van der Waals surface area (Å²) in [4.78, 5) is 26.7. The first-order chi connectivity index (χ1) is 15.8. The first kappa shape index (κ1) is 23.0. The van der Waals surface area contributed by atoms with Gasteiger partial charge in [0, 0.05) is 16.1 Å². The van der Waals surface area contributed by atoms with E-state index >= 15 is 0 Å². The molecule has 33 heavy (non-hydrogen) atoms. The smallest absolute Gasteiger partial charge is 0.341 e. The van der Waals surface area contributed by atoms with Gasteiger partial charge in [-0.1, -0.05) is 24.3 Å². The SMILES string of the molecule is CCOC(=O)c1c(NC(=O)c2ccc(C)c(S(=O)(=O)Nc3ccccc3)c2)sc2c1CCC2. The van der Waals surface area contributed by atoms with Gasteiger partial charge in [0.2, 0.25) is 0 Å². The van der Waals surface area contributed by atoms with Crippen molar-refractivity contribution in [3.8, 4) is 0 Å². The van der Waals surface area contributed by atoms with Crippen LogP contribution < -0.4 is 10.0 Å². The zero-order chi connectivity index (χ0) is 23.6. The van der Waals surface area contributed by atoms with E-state index in [9.17, 15) is 18.0 Å². The Bertz CT molecular complexity index is 1310. The highest BCUT2D eigenvalue weighted by Crippen LogP contribution is 2.39. The summed E-state index contributed by atoms with van der Waals surface area (Å²) in [7, 11) is -3.90. The predicted molar refractivity (Wildman–Crippen MR) is 129 cm³/mol. The molecular weight excluding hydrogens is 460 g/mol. The van der Waals surface area contributed by atoms with E-state index in [1.165, 1.54) is 17.4 Å². The Labute approximate surface area is 196 Å². The van der Waals surface area contributed by atoms with Crippen molar-refractivity contribution >= 4 is 43.9 Å². The van der Waals surface area contributed by atoms with Gasteiger partial charge in [0.05, 0.1) is 17.1 Å². The van der Waals surface area contributed by atoms with Crippen molar-refractivity contribution in [1.82, 2.24) is 0 Å². The summed E-state index contributed by atoms with van der Waals surface area (Å²) in [5.74, 6) is -0.942. The van der Waals surface area contributed by atoms with E-state index in [0.29, 0.717) is 21.8 Å². The molecule has 0 unspecified atom stereocenters. The lowest BCUT2D eigenvalue weighted by Crippen LogP contribution is -2.18. The fourth-order valence-electron chi connectivity index (χ4n) is 3.83. The third kappa shape index (κ3) is 4.79. The van der Waals surface area contributed by atoms with Gasteiger partial charge in [0.25, 0.3) is 15.9 Å². The van der Waals surface area contributed by atoms with Crippen LogP contribution in [0.2, 0.25) is 0 Å². The summed E-state index contributed by atoms with van der Waals surface area (Å²) >= 11 is 1.38. The number of nitrogens with one attached hydrogen (secondary N) is 2. The van der Waals surface area contributed by atoms with Crippen LogP contribution >= 0.6 is 11.3 Å². The van der Waals surface area contributed by atoms with Crippen LogP contribution in [0.5, 0.6) is 0 Å². The standard InChI is InChI=1S/C24H24N2O5S2/c1-3-31-24(28)21-18-10-7-11-19(18)32-23(21)25-22(27)16-13-12-15(2)20(14-16)33(29,30)26-17-8-5-4-6-9-17/h4-6,8-9,12-14,26H,3,7,10-11H2,1-2H3,(H,25,27). The maximum atomic E-state index is 13.1. The number of sulfonamides is 1. The van der Waals surface area contributed by atoms with E-state index in [2.05, 4.69) is 10.0 Å². The number of anilines is 2. The average Bonchev–Trinajstić information content (AvgIpc) is 3.35. The zero-order valence-corrected chi connectivity index (χ0v) is 19.9. The molecule has 172 valence electrons. The third-order valence-electron chi connectivity index (χ3n) is 5.39. The molecule has 0 saturated carbocycles.